The summed E-state index contributed by atoms with van der Waals surface area (Å²) >= 11 is 0. The van der Waals surface area contributed by atoms with Gasteiger partial charge in [0.2, 0.25) is 0 Å². The first-order valence-corrected chi connectivity index (χ1v) is 19.2. The third kappa shape index (κ3) is 37.4. The summed E-state index contributed by atoms with van der Waals surface area (Å²) in [5.41, 5.74) is 0. The third-order valence-corrected chi connectivity index (χ3v) is 8.73. The van der Waals surface area contributed by atoms with Gasteiger partial charge < -0.3 is 10.1 Å². The molecule has 0 saturated heterocycles. The number of rotatable bonds is 36. The average Bonchev–Trinajstić information content (AvgIpc) is 2.98. The summed E-state index contributed by atoms with van der Waals surface area (Å²) in [6.07, 6.45) is 43.5. The number of hydrogen-bond acceptors (Lipinski definition) is 3. The number of carbonyl (C=O) groups excluding carboxylic acids is 1. The Balaban J connectivity index is 3.14. The van der Waals surface area contributed by atoms with Crippen LogP contribution < -0.4 is 5.32 Å². The summed E-state index contributed by atoms with van der Waals surface area (Å²) < 4.78 is 5.39. The number of ether oxygens (including phenoxy) is 1. The number of esters is 1. The van der Waals surface area contributed by atoms with Crippen LogP contribution in [-0.2, 0) is 9.53 Å². The van der Waals surface area contributed by atoms with Gasteiger partial charge in [0.15, 0.2) is 0 Å². The molecular weight excluding hydrogens is 502 g/mol. The van der Waals surface area contributed by atoms with Gasteiger partial charge >= 0.3 is 5.97 Å². The molecular formula is C38H77NO2. The van der Waals surface area contributed by atoms with E-state index in [0.717, 1.165) is 19.5 Å². The summed E-state index contributed by atoms with van der Waals surface area (Å²) in [4.78, 5) is 11.9. The van der Waals surface area contributed by atoms with Gasteiger partial charge in [-0.2, -0.15) is 0 Å². The van der Waals surface area contributed by atoms with E-state index in [4.69, 9.17) is 4.74 Å². The first kappa shape index (κ1) is 40.4. The molecule has 0 rings (SSSR count). The van der Waals surface area contributed by atoms with Gasteiger partial charge in [-0.1, -0.05) is 200 Å². The maximum atomic E-state index is 11.9. The Morgan fingerprint density at radius 1 is 0.390 bits per heavy atom. The van der Waals surface area contributed by atoms with E-state index in [2.05, 4.69) is 19.2 Å². The van der Waals surface area contributed by atoms with Gasteiger partial charge in [-0.3, -0.25) is 4.79 Å². The van der Waals surface area contributed by atoms with Crippen LogP contribution in [0.2, 0.25) is 0 Å². The Labute approximate surface area is 259 Å². The van der Waals surface area contributed by atoms with Crippen molar-refractivity contribution in [1.29, 1.82) is 0 Å². The molecule has 246 valence electrons. The van der Waals surface area contributed by atoms with Crippen LogP contribution in [0.3, 0.4) is 0 Å². The fraction of sp³-hybridized carbons (Fsp3) is 0.974. The normalized spacial score (nSPS) is 11.4. The SMILES string of the molecule is CCCCCCCCCCCCCCCCCCNCCOC(=O)CCCCCCCCCCCCCCCCC. The minimum atomic E-state index is -0.0103. The Morgan fingerprint density at radius 3 is 1.02 bits per heavy atom. The molecule has 0 spiro atoms. The van der Waals surface area contributed by atoms with E-state index in [1.807, 2.05) is 0 Å². The Hall–Kier alpha value is -0.570. The quantitative estimate of drug-likeness (QED) is 0.0592. The molecule has 0 aliphatic rings. The summed E-state index contributed by atoms with van der Waals surface area (Å²) in [7, 11) is 0. The number of carbonyl (C=O) groups is 1. The highest BCUT2D eigenvalue weighted by atomic mass is 16.5. The van der Waals surface area contributed by atoms with Crippen LogP contribution in [0.5, 0.6) is 0 Å². The molecule has 1 N–H and O–H groups in total. The molecule has 0 heterocycles. The highest BCUT2D eigenvalue weighted by Crippen LogP contribution is 2.15. The molecule has 0 aromatic heterocycles. The molecule has 0 aromatic carbocycles. The van der Waals surface area contributed by atoms with Crippen LogP contribution in [0.4, 0.5) is 0 Å². The van der Waals surface area contributed by atoms with Crippen LogP contribution in [-0.4, -0.2) is 25.7 Å². The van der Waals surface area contributed by atoms with Gasteiger partial charge in [0.25, 0.3) is 0 Å². The Bertz CT molecular complexity index is 481. The summed E-state index contributed by atoms with van der Waals surface area (Å²) in [6.45, 7) is 6.95. The fourth-order valence-electron chi connectivity index (χ4n) is 5.87. The summed E-state index contributed by atoms with van der Waals surface area (Å²) in [5, 5.41) is 3.44. The molecule has 0 aliphatic heterocycles. The van der Waals surface area contributed by atoms with Crippen molar-refractivity contribution in [1.82, 2.24) is 5.32 Å². The second-order valence-corrected chi connectivity index (χ2v) is 13.0. The molecule has 41 heavy (non-hydrogen) atoms. The van der Waals surface area contributed by atoms with Gasteiger partial charge in [-0.15, -0.1) is 0 Å². The smallest absolute Gasteiger partial charge is 0.305 e. The van der Waals surface area contributed by atoms with Gasteiger partial charge in [0, 0.05) is 13.0 Å². The molecule has 0 radical (unpaired) electrons. The zero-order valence-corrected chi connectivity index (χ0v) is 28.6. The molecule has 0 bridgehead atoms. The molecule has 0 aromatic rings. The molecule has 0 aliphatic carbocycles. The van der Waals surface area contributed by atoms with Gasteiger partial charge in [0.05, 0.1) is 0 Å². The van der Waals surface area contributed by atoms with Gasteiger partial charge in [-0.05, 0) is 19.4 Å². The molecule has 0 fully saturated rings. The average molecular weight is 580 g/mol. The van der Waals surface area contributed by atoms with E-state index < -0.39 is 0 Å². The van der Waals surface area contributed by atoms with Gasteiger partial charge in [-0.25, -0.2) is 0 Å². The van der Waals surface area contributed by atoms with Crippen LogP contribution >= 0.6 is 0 Å². The van der Waals surface area contributed by atoms with Gasteiger partial charge in [0.1, 0.15) is 6.61 Å². The first-order valence-electron chi connectivity index (χ1n) is 19.2. The Morgan fingerprint density at radius 2 is 0.683 bits per heavy atom. The predicted octanol–water partition coefficient (Wildman–Crippen LogP) is 12.6. The van der Waals surface area contributed by atoms with Crippen molar-refractivity contribution in [2.45, 2.75) is 219 Å². The zero-order valence-electron chi connectivity index (χ0n) is 28.6. The second-order valence-electron chi connectivity index (χ2n) is 13.0. The highest BCUT2D eigenvalue weighted by Gasteiger charge is 2.02. The van der Waals surface area contributed by atoms with E-state index in [9.17, 15) is 4.79 Å². The lowest BCUT2D eigenvalue weighted by Crippen LogP contribution is -2.22. The number of unbranched alkanes of at least 4 members (excludes halogenated alkanes) is 29. The predicted molar refractivity (Wildman–Crippen MR) is 183 cm³/mol. The standard InChI is InChI=1S/C38H77NO2/c1-3-5-7-9-11-13-15-17-19-21-23-25-27-29-31-33-35-39-36-37-41-38(40)34-32-30-28-26-24-22-20-18-16-14-12-10-8-6-4-2/h39H,3-37H2,1-2H3. The topological polar surface area (TPSA) is 38.3 Å². The summed E-state index contributed by atoms with van der Waals surface area (Å²) in [5.74, 6) is -0.0103. The number of nitrogens with one attached hydrogen (secondary N) is 1. The van der Waals surface area contributed by atoms with Crippen molar-refractivity contribution in [2.75, 3.05) is 19.7 Å². The minimum absolute atomic E-state index is 0.0103. The number of hydrogen-bond donors (Lipinski definition) is 1. The third-order valence-electron chi connectivity index (χ3n) is 8.73. The van der Waals surface area contributed by atoms with E-state index in [0.29, 0.717) is 13.0 Å². The Kier molecular flexibility index (Phi) is 36.9. The van der Waals surface area contributed by atoms with Crippen molar-refractivity contribution in [2.24, 2.45) is 0 Å². The van der Waals surface area contributed by atoms with E-state index in [-0.39, 0.29) is 5.97 Å². The fourth-order valence-corrected chi connectivity index (χ4v) is 5.87. The maximum absolute atomic E-state index is 11.9. The molecule has 0 saturated carbocycles. The van der Waals surface area contributed by atoms with Crippen molar-refractivity contribution >= 4 is 5.97 Å². The second kappa shape index (κ2) is 37.5. The molecule has 0 amide bonds. The molecule has 3 heteroatoms. The monoisotopic (exact) mass is 580 g/mol. The lowest BCUT2D eigenvalue weighted by atomic mass is 10.0. The van der Waals surface area contributed by atoms with Crippen molar-refractivity contribution < 1.29 is 9.53 Å². The van der Waals surface area contributed by atoms with E-state index in [1.54, 1.807) is 0 Å². The lowest BCUT2D eigenvalue weighted by Gasteiger charge is -2.07. The maximum Gasteiger partial charge on any atom is 0.305 e. The zero-order chi connectivity index (χ0) is 29.7. The largest absolute Gasteiger partial charge is 0.464 e. The molecule has 3 nitrogen and oxygen atoms in total. The highest BCUT2D eigenvalue weighted by molar-refractivity contribution is 5.69. The van der Waals surface area contributed by atoms with Crippen molar-refractivity contribution in [3.8, 4) is 0 Å². The van der Waals surface area contributed by atoms with Crippen LogP contribution in [0.1, 0.15) is 219 Å². The first-order chi connectivity index (χ1) is 20.3. The van der Waals surface area contributed by atoms with Crippen LogP contribution in [0.25, 0.3) is 0 Å². The van der Waals surface area contributed by atoms with Crippen molar-refractivity contribution in [3.63, 3.8) is 0 Å². The van der Waals surface area contributed by atoms with Crippen LogP contribution in [0.15, 0.2) is 0 Å². The lowest BCUT2D eigenvalue weighted by molar-refractivity contribution is -0.143. The van der Waals surface area contributed by atoms with E-state index in [1.165, 1.54) is 193 Å². The summed E-state index contributed by atoms with van der Waals surface area (Å²) in [6, 6.07) is 0. The molecule has 0 unspecified atom stereocenters. The van der Waals surface area contributed by atoms with E-state index >= 15 is 0 Å². The molecule has 0 atom stereocenters. The van der Waals surface area contributed by atoms with Crippen LogP contribution in [0, 0.1) is 0 Å². The van der Waals surface area contributed by atoms with Crippen molar-refractivity contribution in [3.05, 3.63) is 0 Å². The minimum Gasteiger partial charge on any atom is -0.464 e.